The minimum Gasteiger partial charge on any atom is -0.465 e. The molecule has 1 aromatic heterocycles. The van der Waals surface area contributed by atoms with E-state index in [1.807, 2.05) is 0 Å². The Labute approximate surface area is 123 Å². The van der Waals surface area contributed by atoms with E-state index in [0.29, 0.717) is 16.8 Å². The Morgan fingerprint density at radius 2 is 1.67 bits per heavy atom. The monoisotopic (exact) mass is 295 g/mol. The number of hydrogen-bond donors (Lipinski definition) is 1. The van der Waals surface area contributed by atoms with Gasteiger partial charge in [0.2, 0.25) is 0 Å². The number of carbonyl (C=O) groups excluding carboxylic acids is 3. The van der Waals surface area contributed by atoms with Gasteiger partial charge in [0.1, 0.15) is 5.69 Å². The fourth-order valence-corrected chi connectivity index (χ4v) is 1.78. The number of carbonyl (C=O) groups is 3. The van der Waals surface area contributed by atoms with Gasteiger partial charge >= 0.3 is 11.9 Å². The van der Waals surface area contributed by atoms with Crippen LogP contribution in [0.1, 0.15) is 52.9 Å². The Kier molecular flexibility index (Phi) is 4.93. The minimum atomic E-state index is -0.664. The van der Waals surface area contributed by atoms with Gasteiger partial charge in [0.05, 0.1) is 12.7 Å². The molecule has 0 saturated heterocycles. The summed E-state index contributed by atoms with van der Waals surface area (Å²) in [7, 11) is 1.27. The number of ketones is 1. The number of hydrogen-bond acceptors (Lipinski definition) is 5. The van der Waals surface area contributed by atoms with Crippen LogP contribution in [-0.4, -0.2) is 36.4 Å². The van der Waals surface area contributed by atoms with Crippen molar-refractivity contribution in [1.29, 1.82) is 0 Å². The fraction of sp³-hybridized carbons (Fsp3) is 0.533. The van der Waals surface area contributed by atoms with Crippen LogP contribution in [0.4, 0.5) is 0 Å². The van der Waals surface area contributed by atoms with Crippen molar-refractivity contribution in [3.8, 4) is 0 Å². The molecule has 0 aliphatic carbocycles. The van der Waals surface area contributed by atoms with E-state index >= 15 is 0 Å². The molecule has 6 heteroatoms. The van der Waals surface area contributed by atoms with Crippen molar-refractivity contribution in [2.24, 2.45) is 5.41 Å². The third-order valence-corrected chi connectivity index (χ3v) is 3.20. The van der Waals surface area contributed by atoms with Gasteiger partial charge in [0.15, 0.2) is 12.4 Å². The second kappa shape index (κ2) is 6.11. The predicted octanol–water partition coefficient (Wildman–Crippen LogP) is 2.19. The van der Waals surface area contributed by atoms with E-state index in [1.165, 1.54) is 7.11 Å². The Morgan fingerprint density at radius 3 is 2.14 bits per heavy atom. The largest absolute Gasteiger partial charge is 0.465 e. The van der Waals surface area contributed by atoms with Gasteiger partial charge in [-0.1, -0.05) is 20.8 Å². The van der Waals surface area contributed by atoms with Gasteiger partial charge in [-0.3, -0.25) is 4.79 Å². The molecule has 1 N–H and O–H groups in total. The molecule has 0 fully saturated rings. The molecular weight excluding hydrogens is 274 g/mol. The van der Waals surface area contributed by atoms with Crippen molar-refractivity contribution in [2.75, 3.05) is 13.7 Å². The van der Waals surface area contributed by atoms with Crippen molar-refractivity contribution >= 4 is 17.7 Å². The number of rotatable bonds is 4. The molecule has 0 aliphatic heterocycles. The summed E-state index contributed by atoms with van der Waals surface area (Å²) in [4.78, 5) is 38.2. The molecule has 0 radical (unpaired) electrons. The van der Waals surface area contributed by atoms with Crippen molar-refractivity contribution in [3.63, 3.8) is 0 Å². The van der Waals surface area contributed by atoms with Crippen molar-refractivity contribution < 1.29 is 23.9 Å². The van der Waals surface area contributed by atoms with Crippen molar-refractivity contribution in [3.05, 3.63) is 22.5 Å². The standard InChI is InChI=1S/C15H21NO5/c1-8-11(13(18)20-6)9(2)16-12(8)14(19)21-7-10(17)15(3,4)5/h16H,7H2,1-6H3. The summed E-state index contributed by atoms with van der Waals surface area (Å²) in [5.74, 6) is -1.36. The van der Waals surface area contributed by atoms with Crippen LogP contribution in [0.5, 0.6) is 0 Å². The number of methoxy groups -OCH3 is 1. The van der Waals surface area contributed by atoms with Crippen molar-refractivity contribution in [1.82, 2.24) is 4.98 Å². The maximum Gasteiger partial charge on any atom is 0.355 e. The van der Waals surface area contributed by atoms with Crippen LogP contribution in [-0.2, 0) is 14.3 Å². The highest BCUT2D eigenvalue weighted by atomic mass is 16.5. The van der Waals surface area contributed by atoms with Crippen LogP contribution in [0.3, 0.4) is 0 Å². The van der Waals surface area contributed by atoms with E-state index in [2.05, 4.69) is 9.72 Å². The van der Waals surface area contributed by atoms with Gasteiger partial charge < -0.3 is 14.5 Å². The SMILES string of the molecule is COC(=O)c1c(C)[nH]c(C(=O)OCC(=O)C(C)(C)C)c1C. The van der Waals surface area contributed by atoms with E-state index in [9.17, 15) is 14.4 Å². The zero-order valence-corrected chi connectivity index (χ0v) is 13.2. The number of esters is 2. The lowest BCUT2D eigenvalue weighted by atomic mass is 9.91. The molecule has 1 aromatic rings. The second-order valence-electron chi connectivity index (χ2n) is 5.87. The van der Waals surface area contributed by atoms with Gasteiger partial charge in [-0.15, -0.1) is 0 Å². The summed E-state index contributed by atoms with van der Waals surface area (Å²) < 4.78 is 9.68. The number of Topliss-reactive ketones (excluding diaryl/α,β-unsaturated/α-hetero) is 1. The zero-order chi connectivity index (χ0) is 16.4. The highest BCUT2D eigenvalue weighted by Gasteiger charge is 2.26. The molecule has 0 aromatic carbocycles. The Balaban J connectivity index is 2.90. The van der Waals surface area contributed by atoms with Gasteiger partial charge in [-0.25, -0.2) is 9.59 Å². The van der Waals surface area contributed by atoms with Crippen LogP contribution in [0, 0.1) is 19.3 Å². The fourth-order valence-electron chi connectivity index (χ4n) is 1.78. The average Bonchev–Trinajstić information content (AvgIpc) is 2.69. The molecule has 1 rings (SSSR count). The highest BCUT2D eigenvalue weighted by molar-refractivity contribution is 5.99. The Hall–Kier alpha value is -2.11. The average molecular weight is 295 g/mol. The van der Waals surface area contributed by atoms with Crippen molar-refractivity contribution in [2.45, 2.75) is 34.6 Å². The molecule has 0 amide bonds. The maximum atomic E-state index is 12.0. The minimum absolute atomic E-state index is 0.162. The normalized spacial score (nSPS) is 11.1. The Bertz CT molecular complexity index is 578. The molecular formula is C15H21NO5. The molecule has 0 aliphatic rings. The number of aromatic nitrogens is 1. The number of aryl methyl sites for hydroxylation is 1. The van der Waals surface area contributed by atoms with Crippen LogP contribution in [0.2, 0.25) is 0 Å². The van der Waals surface area contributed by atoms with Crippen LogP contribution in [0.15, 0.2) is 0 Å². The maximum absolute atomic E-state index is 12.0. The highest BCUT2D eigenvalue weighted by Crippen LogP contribution is 2.20. The second-order valence-corrected chi connectivity index (χ2v) is 5.87. The number of ether oxygens (including phenoxy) is 2. The number of nitrogens with one attached hydrogen (secondary N) is 1. The molecule has 0 saturated carbocycles. The third kappa shape index (κ3) is 3.71. The summed E-state index contributed by atoms with van der Waals surface area (Å²) >= 11 is 0. The predicted molar refractivity (Wildman–Crippen MR) is 76.4 cm³/mol. The lowest BCUT2D eigenvalue weighted by Gasteiger charge is -2.16. The van der Waals surface area contributed by atoms with E-state index in [-0.39, 0.29) is 18.1 Å². The van der Waals surface area contributed by atoms with E-state index in [4.69, 9.17) is 4.74 Å². The number of H-pyrrole nitrogens is 1. The molecule has 1 heterocycles. The van der Waals surface area contributed by atoms with Gasteiger partial charge in [-0.05, 0) is 19.4 Å². The first kappa shape index (κ1) is 16.9. The van der Waals surface area contributed by atoms with Gasteiger partial charge in [0, 0.05) is 11.1 Å². The summed E-state index contributed by atoms with van der Waals surface area (Å²) in [6.45, 7) is 8.25. The molecule has 6 nitrogen and oxygen atoms in total. The summed E-state index contributed by atoms with van der Waals surface area (Å²) in [6, 6.07) is 0. The molecule has 0 bridgehead atoms. The first-order chi connectivity index (χ1) is 9.59. The first-order valence-corrected chi connectivity index (χ1v) is 6.57. The smallest absolute Gasteiger partial charge is 0.355 e. The lowest BCUT2D eigenvalue weighted by molar-refractivity contribution is -0.129. The number of aromatic amines is 1. The zero-order valence-electron chi connectivity index (χ0n) is 13.2. The third-order valence-electron chi connectivity index (χ3n) is 3.20. The van der Waals surface area contributed by atoms with E-state index in [0.717, 1.165) is 0 Å². The van der Waals surface area contributed by atoms with E-state index < -0.39 is 17.4 Å². The van der Waals surface area contributed by atoms with Crippen LogP contribution < -0.4 is 0 Å². The summed E-state index contributed by atoms with van der Waals surface area (Å²) in [5.41, 5.74) is 0.875. The van der Waals surface area contributed by atoms with Crippen LogP contribution in [0.25, 0.3) is 0 Å². The summed E-state index contributed by atoms with van der Waals surface area (Å²) in [6.07, 6.45) is 0. The molecule has 0 spiro atoms. The van der Waals surface area contributed by atoms with Gasteiger partial charge in [0.25, 0.3) is 0 Å². The molecule has 0 unspecified atom stereocenters. The first-order valence-electron chi connectivity index (χ1n) is 6.57. The topological polar surface area (TPSA) is 85.5 Å². The molecule has 0 atom stereocenters. The Morgan fingerprint density at radius 1 is 1.10 bits per heavy atom. The molecule has 21 heavy (non-hydrogen) atoms. The molecule has 116 valence electrons. The quantitative estimate of drug-likeness (QED) is 0.861. The summed E-state index contributed by atoms with van der Waals surface area (Å²) in [5, 5.41) is 0. The van der Waals surface area contributed by atoms with Crippen LogP contribution >= 0.6 is 0 Å². The lowest BCUT2D eigenvalue weighted by Crippen LogP contribution is -2.26. The van der Waals surface area contributed by atoms with E-state index in [1.54, 1.807) is 34.6 Å². The van der Waals surface area contributed by atoms with Gasteiger partial charge in [-0.2, -0.15) is 0 Å².